The maximum atomic E-state index is 12.6. The Balaban J connectivity index is 1.93. The number of ether oxygens (including phenoxy) is 1. The van der Waals surface area contributed by atoms with Gasteiger partial charge in [-0.3, -0.25) is 9.78 Å². The Morgan fingerprint density at radius 2 is 2.23 bits per heavy atom. The summed E-state index contributed by atoms with van der Waals surface area (Å²) in [5.41, 5.74) is 0.108. The van der Waals surface area contributed by atoms with Gasteiger partial charge in [0.1, 0.15) is 6.54 Å². The average molecular weight is 371 g/mol. The summed E-state index contributed by atoms with van der Waals surface area (Å²) in [5.74, 6) is -0.0791. The summed E-state index contributed by atoms with van der Waals surface area (Å²) in [7, 11) is 0. The van der Waals surface area contributed by atoms with Crippen molar-refractivity contribution in [2.24, 2.45) is 5.10 Å². The fourth-order valence-corrected chi connectivity index (χ4v) is 2.94. The van der Waals surface area contributed by atoms with Gasteiger partial charge in [-0.25, -0.2) is 9.48 Å². The molecule has 3 heterocycles. The van der Waals surface area contributed by atoms with Crippen molar-refractivity contribution in [3.8, 4) is 0 Å². The molecule has 0 N–H and O–H groups in total. The Bertz CT molecular complexity index is 945. The lowest BCUT2D eigenvalue weighted by Gasteiger charge is -1.99. The van der Waals surface area contributed by atoms with Gasteiger partial charge in [0, 0.05) is 17.5 Å². The van der Waals surface area contributed by atoms with Crippen LogP contribution in [0.15, 0.2) is 51.8 Å². The van der Waals surface area contributed by atoms with E-state index in [-0.39, 0.29) is 13.2 Å². The van der Waals surface area contributed by atoms with Crippen LogP contribution in [0.4, 0.5) is 0 Å². The molecule has 0 aromatic carbocycles. The predicted octanol–water partition coefficient (Wildman–Crippen LogP) is 1.54. The maximum absolute atomic E-state index is 12.6. The van der Waals surface area contributed by atoms with E-state index in [9.17, 15) is 9.59 Å². The number of rotatable bonds is 7. The maximum Gasteiger partial charge on any atom is 0.367 e. The summed E-state index contributed by atoms with van der Waals surface area (Å²) >= 11 is 1.56. The monoisotopic (exact) mass is 371 g/mol. The highest BCUT2D eigenvalue weighted by Crippen LogP contribution is 2.12. The molecule has 0 radical (unpaired) electrons. The van der Waals surface area contributed by atoms with Gasteiger partial charge in [0.05, 0.1) is 18.5 Å². The fraction of sp³-hybridized carbons (Fsp3) is 0.235. The SMILES string of the molecule is CCOC(=O)Cn1nc(Cc2cccs2)n(/N=C/c2ccccn2)c1=O. The third-order valence-electron chi connectivity index (χ3n) is 3.37. The van der Waals surface area contributed by atoms with Gasteiger partial charge in [0.2, 0.25) is 0 Å². The summed E-state index contributed by atoms with van der Waals surface area (Å²) in [4.78, 5) is 29.5. The molecule has 26 heavy (non-hydrogen) atoms. The van der Waals surface area contributed by atoms with Gasteiger partial charge in [0.25, 0.3) is 0 Å². The zero-order chi connectivity index (χ0) is 18.4. The number of hydrogen-bond acceptors (Lipinski definition) is 7. The van der Waals surface area contributed by atoms with Crippen molar-refractivity contribution in [3.05, 3.63) is 68.8 Å². The molecule has 0 bridgehead atoms. The van der Waals surface area contributed by atoms with Crippen LogP contribution in [-0.4, -0.2) is 38.2 Å². The number of nitrogens with zero attached hydrogens (tertiary/aromatic N) is 5. The van der Waals surface area contributed by atoms with Gasteiger partial charge < -0.3 is 4.74 Å². The van der Waals surface area contributed by atoms with Crippen LogP contribution in [0, 0.1) is 0 Å². The number of carbonyl (C=O) groups excluding carboxylic acids is 1. The van der Waals surface area contributed by atoms with E-state index in [1.165, 1.54) is 10.9 Å². The Morgan fingerprint density at radius 1 is 1.35 bits per heavy atom. The minimum absolute atomic E-state index is 0.244. The minimum Gasteiger partial charge on any atom is -0.465 e. The Labute approximate surface area is 153 Å². The van der Waals surface area contributed by atoms with E-state index in [0.29, 0.717) is 17.9 Å². The summed E-state index contributed by atoms with van der Waals surface area (Å²) in [5, 5.41) is 10.4. The molecule has 0 amide bonds. The Hall–Kier alpha value is -3.07. The normalized spacial score (nSPS) is 11.1. The van der Waals surface area contributed by atoms with E-state index < -0.39 is 11.7 Å². The van der Waals surface area contributed by atoms with Gasteiger partial charge in [-0.15, -0.1) is 11.3 Å². The first-order chi connectivity index (χ1) is 12.7. The van der Waals surface area contributed by atoms with E-state index in [2.05, 4.69) is 15.2 Å². The summed E-state index contributed by atoms with van der Waals surface area (Å²) in [6, 6.07) is 9.27. The quantitative estimate of drug-likeness (QED) is 0.464. The average Bonchev–Trinajstić information content (AvgIpc) is 3.24. The molecule has 9 heteroatoms. The van der Waals surface area contributed by atoms with Crippen LogP contribution in [0.2, 0.25) is 0 Å². The van der Waals surface area contributed by atoms with Crippen molar-refractivity contribution in [2.75, 3.05) is 6.61 Å². The van der Waals surface area contributed by atoms with Crippen molar-refractivity contribution in [1.82, 2.24) is 19.4 Å². The molecule has 3 aromatic rings. The molecule has 0 aliphatic heterocycles. The first-order valence-electron chi connectivity index (χ1n) is 7.99. The van der Waals surface area contributed by atoms with Crippen molar-refractivity contribution in [2.45, 2.75) is 19.9 Å². The highest BCUT2D eigenvalue weighted by molar-refractivity contribution is 7.09. The molecule has 0 saturated heterocycles. The van der Waals surface area contributed by atoms with Crippen molar-refractivity contribution < 1.29 is 9.53 Å². The van der Waals surface area contributed by atoms with Crippen LogP contribution in [0.3, 0.4) is 0 Å². The molecule has 0 spiro atoms. The van der Waals surface area contributed by atoms with Crippen molar-refractivity contribution in [3.63, 3.8) is 0 Å². The summed E-state index contributed by atoms with van der Waals surface area (Å²) < 4.78 is 7.15. The van der Waals surface area contributed by atoms with Crippen LogP contribution in [0.5, 0.6) is 0 Å². The lowest BCUT2D eigenvalue weighted by Crippen LogP contribution is -2.27. The highest BCUT2D eigenvalue weighted by atomic mass is 32.1. The third-order valence-corrected chi connectivity index (χ3v) is 4.25. The second-order valence-electron chi connectivity index (χ2n) is 5.23. The fourth-order valence-electron chi connectivity index (χ4n) is 2.24. The van der Waals surface area contributed by atoms with E-state index in [1.54, 1.807) is 36.6 Å². The Kier molecular flexibility index (Phi) is 5.69. The molecular weight excluding hydrogens is 354 g/mol. The Morgan fingerprint density at radius 3 is 2.92 bits per heavy atom. The van der Waals surface area contributed by atoms with Crippen molar-refractivity contribution >= 4 is 23.5 Å². The number of pyridine rings is 1. The molecule has 0 atom stereocenters. The highest BCUT2D eigenvalue weighted by Gasteiger charge is 2.16. The molecule has 0 fully saturated rings. The molecule has 0 aliphatic carbocycles. The number of esters is 1. The van der Waals surface area contributed by atoms with Crippen LogP contribution in [-0.2, 0) is 22.5 Å². The van der Waals surface area contributed by atoms with E-state index in [4.69, 9.17) is 4.74 Å². The van der Waals surface area contributed by atoms with Gasteiger partial charge in [-0.2, -0.15) is 14.9 Å². The van der Waals surface area contributed by atoms with Crippen LogP contribution < -0.4 is 5.69 Å². The van der Waals surface area contributed by atoms with Gasteiger partial charge in [-0.05, 0) is 30.5 Å². The summed E-state index contributed by atoms with van der Waals surface area (Å²) in [6.07, 6.45) is 3.55. The number of thiophene rings is 1. The lowest BCUT2D eigenvalue weighted by molar-refractivity contribution is -0.144. The molecule has 0 saturated carbocycles. The van der Waals surface area contributed by atoms with Gasteiger partial charge in [-0.1, -0.05) is 12.1 Å². The minimum atomic E-state index is -0.518. The summed E-state index contributed by atoms with van der Waals surface area (Å²) in [6.45, 7) is 1.70. The standard InChI is InChI=1S/C17H17N5O3S/c1-2-25-16(23)12-21-17(24)22(19-11-13-6-3-4-8-18-13)15(20-21)10-14-7-5-9-26-14/h3-9,11H,2,10,12H2,1H3/b19-11+. The zero-order valence-corrected chi connectivity index (χ0v) is 14.9. The van der Waals surface area contributed by atoms with E-state index in [1.807, 2.05) is 23.6 Å². The molecule has 134 valence electrons. The third kappa shape index (κ3) is 4.31. The second kappa shape index (κ2) is 8.34. The number of aromatic nitrogens is 4. The van der Waals surface area contributed by atoms with E-state index >= 15 is 0 Å². The second-order valence-corrected chi connectivity index (χ2v) is 6.26. The molecule has 0 unspecified atom stereocenters. The van der Waals surface area contributed by atoms with Gasteiger partial charge >= 0.3 is 11.7 Å². The van der Waals surface area contributed by atoms with E-state index in [0.717, 1.165) is 9.56 Å². The predicted molar refractivity (Wildman–Crippen MR) is 97.5 cm³/mol. The number of hydrogen-bond donors (Lipinski definition) is 0. The van der Waals surface area contributed by atoms with Crippen LogP contribution in [0.25, 0.3) is 0 Å². The molecular formula is C17H17N5O3S. The molecule has 8 nitrogen and oxygen atoms in total. The zero-order valence-electron chi connectivity index (χ0n) is 14.1. The largest absolute Gasteiger partial charge is 0.465 e. The smallest absolute Gasteiger partial charge is 0.367 e. The number of carbonyl (C=O) groups is 1. The lowest BCUT2D eigenvalue weighted by atomic mass is 10.3. The molecule has 3 rings (SSSR count). The molecule has 3 aromatic heterocycles. The first kappa shape index (κ1) is 17.7. The van der Waals surface area contributed by atoms with Crippen molar-refractivity contribution in [1.29, 1.82) is 0 Å². The van der Waals surface area contributed by atoms with Crippen LogP contribution in [0.1, 0.15) is 23.3 Å². The first-order valence-corrected chi connectivity index (χ1v) is 8.87. The topological polar surface area (TPSA) is 91.4 Å². The van der Waals surface area contributed by atoms with Gasteiger partial charge in [0.15, 0.2) is 5.82 Å². The van der Waals surface area contributed by atoms with Crippen LogP contribution >= 0.6 is 11.3 Å². The molecule has 0 aliphatic rings.